The van der Waals surface area contributed by atoms with Gasteiger partial charge in [0.05, 0.1) is 18.8 Å². The van der Waals surface area contributed by atoms with Crippen molar-refractivity contribution < 1.29 is 89.1 Å². The maximum Gasteiger partial charge on any atom is 0.189 e. The molecule has 0 radical (unpaired) electrons. The molecule has 7 rings (SSSR count). The van der Waals surface area contributed by atoms with E-state index in [1.807, 2.05) is 13.8 Å². The first-order valence-corrected chi connectivity index (χ1v) is 22.6. The van der Waals surface area contributed by atoms with Crippen LogP contribution in [0, 0.1) is 46.3 Å². The summed E-state index contributed by atoms with van der Waals surface area (Å²) in [5.74, 6) is 0.285. The second kappa shape index (κ2) is 19.0. The number of ether oxygens (including phenoxy) is 6. The molecule has 0 aromatic carbocycles. The number of carbonyl (C=O) groups excluding carboxylic acids is 2. The molecule has 4 aliphatic carbocycles. The zero-order chi connectivity index (χ0) is 45.2. The van der Waals surface area contributed by atoms with Crippen molar-refractivity contribution >= 4 is 11.6 Å². The molecule has 62 heavy (non-hydrogen) atoms. The van der Waals surface area contributed by atoms with E-state index in [0.29, 0.717) is 38.0 Å². The normalized spacial score (nSPS) is 50.5. The van der Waals surface area contributed by atoms with Crippen molar-refractivity contribution in [2.24, 2.45) is 46.3 Å². The predicted octanol–water partition coefficient (Wildman–Crippen LogP) is -0.823. The van der Waals surface area contributed by atoms with Crippen molar-refractivity contribution in [1.29, 1.82) is 0 Å². The van der Waals surface area contributed by atoms with Gasteiger partial charge in [-0.1, -0.05) is 39.3 Å². The van der Waals surface area contributed by atoms with Crippen LogP contribution in [0.3, 0.4) is 0 Å². The average Bonchev–Trinajstić information content (AvgIpc) is 3.52. The van der Waals surface area contributed by atoms with Crippen molar-refractivity contribution in [3.05, 3.63) is 11.6 Å². The molecule has 0 amide bonds. The van der Waals surface area contributed by atoms with Gasteiger partial charge in [-0.25, -0.2) is 0 Å². The number of rotatable bonds is 13. The minimum Gasteiger partial charge on any atom is -0.396 e. The zero-order valence-corrected chi connectivity index (χ0v) is 36.3. The molecule has 7 aliphatic rings. The minimum atomic E-state index is -1.97. The lowest BCUT2D eigenvalue weighted by molar-refractivity contribution is -0.397. The van der Waals surface area contributed by atoms with Crippen LogP contribution in [-0.4, -0.2) is 174 Å². The van der Waals surface area contributed by atoms with E-state index in [2.05, 4.69) is 19.9 Å². The molecular weight excluding hydrogens is 816 g/mol. The lowest BCUT2D eigenvalue weighted by Crippen LogP contribution is -2.66. The largest absolute Gasteiger partial charge is 0.396 e. The van der Waals surface area contributed by atoms with Gasteiger partial charge in [0.25, 0.3) is 0 Å². The minimum absolute atomic E-state index is 0.0234. The fraction of sp³-hybridized carbons (Fsp3) is 0.909. The van der Waals surface area contributed by atoms with E-state index in [-0.39, 0.29) is 58.6 Å². The third-order valence-electron chi connectivity index (χ3n) is 16.2. The first-order chi connectivity index (χ1) is 29.2. The van der Waals surface area contributed by atoms with Crippen molar-refractivity contribution in [3.63, 3.8) is 0 Å². The smallest absolute Gasteiger partial charge is 0.189 e. The Balaban J connectivity index is 1.08. The zero-order valence-electron chi connectivity index (χ0n) is 36.3. The molecule has 6 fully saturated rings. The lowest BCUT2D eigenvalue weighted by atomic mass is 9.47. The second-order valence-corrected chi connectivity index (χ2v) is 20.0. The van der Waals surface area contributed by atoms with Crippen LogP contribution in [0.15, 0.2) is 11.6 Å². The summed E-state index contributed by atoms with van der Waals surface area (Å²) in [6.45, 7) is 9.06. The number of aliphatic hydroxyl groups excluding tert-OH is 10. The van der Waals surface area contributed by atoms with Crippen LogP contribution in [0.25, 0.3) is 0 Å². The molecule has 3 aliphatic heterocycles. The Bertz CT molecular complexity index is 1610. The van der Waals surface area contributed by atoms with E-state index in [1.165, 1.54) is 12.5 Å². The van der Waals surface area contributed by atoms with Crippen LogP contribution in [0.5, 0.6) is 0 Å². The number of ketones is 2. The van der Waals surface area contributed by atoms with E-state index in [0.717, 1.165) is 25.7 Å². The predicted molar refractivity (Wildman–Crippen MR) is 213 cm³/mol. The highest BCUT2D eigenvalue weighted by Gasteiger charge is 2.63. The van der Waals surface area contributed by atoms with Crippen LogP contribution in [0.1, 0.15) is 92.4 Å². The van der Waals surface area contributed by atoms with Crippen LogP contribution in [-0.2, 0) is 38.0 Å². The van der Waals surface area contributed by atoms with E-state index in [9.17, 15) is 60.7 Å². The van der Waals surface area contributed by atoms with Gasteiger partial charge in [0.1, 0.15) is 72.6 Å². The molecule has 10 N–H and O–H groups in total. The number of Topliss-reactive ketones (excluding diaryl/α,β-unsaturated/α-hetero) is 2. The van der Waals surface area contributed by atoms with E-state index >= 15 is 0 Å². The number of aliphatic hydroxyl groups is 10. The third-order valence-corrected chi connectivity index (χ3v) is 16.2. The van der Waals surface area contributed by atoms with Gasteiger partial charge in [-0.15, -0.1) is 0 Å². The summed E-state index contributed by atoms with van der Waals surface area (Å²) >= 11 is 0. The summed E-state index contributed by atoms with van der Waals surface area (Å²) < 4.78 is 35.6. The Hall–Kier alpha value is -1.56. The third kappa shape index (κ3) is 8.75. The SMILES string of the molecule is C[C@H](CO)CCC(=O)[C@@H](C)[C@@H]1C(=O)C[C@H]2[C@@H]3CC=C4CC(O[C@@H]5O[C@H](CO)[C@@H](O[C@H]6O[C@@H](O)[C@H](O)[C@@H](O)[C@H]6O)[C@H](O)[C@H]5O[C@H]5O[C@@H](C)[C@H](O)[C@@H](O)[C@H]5O)CC[C@]4(C)[C@H]3CC[C@@]21C. The van der Waals surface area contributed by atoms with Crippen molar-refractivity contribution in [1.82, 2.24) is 0 Å². The van der Waals surface area contributed by atoms with Crippen molar-refractivity contribution in [2.75, 3.05) is 13.2 Å². The fourth-order valence-electron chi connectivity index (χ4n) is 12.3. The van der Waals surface area contributed by atoms with Gasteiger partial charge in [0, 0.05) is 31.3 Å². The Morgan fingerprint density at radius 1 is 0.774 bits per heavy atom. The maximum absolute atomic E-state index is 13.8. The lowest BCUT2D eigenvalue weighted by Gasteiger charge is -2.58. The number of hydrogen-bond donors (Lipinski definition) is 10. The Kier molecular flexibility index (Phi) is 14.8. The maximum atomic E-state index is 13.8. The molecule has 3 heterocycles. The molecule has 0 aromatic heterocycles. The highest BCUT2D eigenvalue weighted by molar-refractivity contribution is 5.92. The topological polar surface area (TPSA) is 292 Å². The molecule has 0 bridgehead atoms. The summed E-state index contributed by atoms with van der Waals surface area (Å²) in [6, 6.07) is 0. The molecular formula is C44H70O18. The van der Waals surface area contributed by atoms with Gasteiger partial charge in [-0.3, -0.25) is 9.59 Å². The van der Waals surface area contributed by atoms with Crippen LogP contribution in [0.2, 0.25) is 0 Å². The van der Waals surface area contributed by atoms with Crippen LogP contribution < -0.4 is 0 Å². The first kappa shape index (κ1) is 48.4. The van der Waals surface area contributed by atoms with E-state index < -0.39 is 105 Å². The summed E-state index contributed by atoms with van der Waals surface area (Å²) in [4.78, 5) is 27.2. The molecule has 354 valence electrons. The molecule has 1 unspecified atom stereocenters. The number of allylic oxidation sites excluding steroid dienone is 1. The van der Waals surface area contributed by atoms with Gasteiger partial charge >= 0.3 is 0 Å². The Labute approximate surface area is 362 Å². The summed E-state index contributed by atoms with van der Waals surface area (Å²) in [6.07, 6.45) is -17.1. The van der Waals surface area contributed by atoms with Gasteiger partial charge in [0.2, 0.25) is 0 Å². The van der Waals surface area contributed by atoms with Crippen LogP contribution >= 0.6 is 0 Å². The average molecular weight is 887 g/mol. The van der Waals surface area contributed by atoms with Crippen molar-refractivity contribution in [2.45, 2.75) is 191 Å². The molecule has 18 nitrogen and oxygen atoms in total. The van der Waals surface area contributed by atoms with E-state index in [4.69, 9.17) is 28.4 Å². The number of carbonyl (C=O) groups is 2. The molecule has 0 spiro atoms. The standard InChI is InChI=1S/C44H70O18/c1-18(16-45)6-9-26(47)19(2)29-27(48)15-25-23-8-7-21-14-22(10-12-43(21,4)24(23)11-13-44(25,29)5)58-42-38(61-40-34(53)31(50)30(49)20(3)57-40)36(55)37(28(17-46)59-42)60-41-35(54)32(51)33(52)39(56)62-41/h7,18-20,22-25,28-42,45-46,49-56H,6,8-17H2,1-5H3/t18-,19+,20-,22?,23+,24-,25-,28+,29+,30-,31+,32+,33+,34+,35+,36-,37+,38+,39+,40+,41-,42+,43-,44-/m0/s1. The Morgan fingerprint density at radius 3 is 2.11 bits per heavy atom. The van der Waals surface area contributed by atoms with Gasteiger partial charge < -0.3 is 79.5 Å². The molecule has 24 atom stereocenters. The van der Waals surface area contributed by atoms with Crippen molar-refractivity contribution in [3.8, 4) is 0 Å². The van der Waals surface area contributed by atoms with Gasteiger partial charge in [-0.2, -0.15) is 0 Å². The fourth-order valence-corrected chi connectivity index (χ4v) is 12.3. The summed E-state index contributed by atoms with van der Waals surface area (Å²) in [5.41, 5.74) is 0.717. The quantitative estimate of drug-likeness (QED) is 0.101. The number of hydrogen-bond acceptors (Lipinski definition) is 18. The molecule has 0 aromatic rings. The van der Waals surface area contributed by atoms with Gasteiger partial charge in [0.15, 0.2) is 25.2 Å². The van der Waals surface area contributed by atoms with Crippen LogP contribution in [0.4, 0.5) is 0 Å². The first-order valence-electron chi connectivity index (χ1n) is 22.6. The highest BCUT2D eigenvalue weighted by Crippen LogP contribution is 2.66. The monoisotopic (exact) mass is 886 g/mol. The number of fused-ring (bicyclic) bond motifs is 5. The molecule has 18 heteroatoms. The Morgan fingerprint density at radius 2 is 1.44 bits per heavy atom. The van der Waals surface area contributed by atoms with Gasteiger partial charge in [-0.05, 0) is 86.4 Å². The second-order valence-electron chi connectivity index (χ2n) is 20.0. The highest BCUT2D eigenvalue weighted by atomic mass is 16.8. The summed E-state index contributed by atoms with van der Waals surface area (Å²) in [7, 11) is 0. The molecule has 3 saturated heterocycles. The van der Waals surface area contributed by atoms with E-state index in [1.54, 1.807) is 0 Å². The summed E-state index contributed by atoms with van der Waals surface area (Å²) in [5, 5.41) is 105. The molecule has 3 saturated carbocycles.